The zero-order valence-corrected chi connectivity index (χ0v) is 13.1. The van der Waals surface area contributed by atoms with Crippen LogP contribution in [0.4, 0.5) is 0 Å². The second-order valence-corrected chi connectivity index (χ2v) is 5.43. The number of hydrogen-bond acceptors (Lipinski definition) is 3. The molecule has 0 radical (unpaired) electrons. The van der Waals surface area contributed by atoms with E-state index in [1.54, 1.807) is 7.11 Å². The van der Waals surface area contributed by atoms with E-state index in [1.165, 1.54) is 4.90 Å². The lowest BCUT2D eigenvalue weighted by Gasteiger charge is -2.27. The first-order valence-corrected chi connectivity index (χ1v) is 7.07. The minimum atomic E-state index is -0.498. The second kappa shape index (κ2) is 7.67. The maximum absolute atomic E-state index is 12.4. The predicted octanol–water partition coefficient (Wildman–Crippen LogP) is 1.91. The van der Waals surface area contributed by atoms with Crippen molar-refractivity contribution in [1.29, 1.82) is 0 Å². The van der Waals surface area contributed by atoms with Gasteiger partial charge in [0.05, 0.1) is 13.7 Å². The zero-order valence-electron chi connectivity index (χ0n) is 13.1. The van der Waals surface area contributed by atoms with Gasteiger partial charge in [0.15, 0.2) is 0 Å². The van der Waals surface area contributed by atoms with Gasteiger partial charge in [-0.1, -0.05) is 25.1 Å². The molecule has 2 N–H and O–H groups in total. The van der Waals surface area contributed by atoms with Crippen LogP contribution in [0.1, 0.15) is 38.7 Å². The highest BCUT2D eigenvalue weighted by atomic mass is 16.5. The number of carbonyl (C=O) groups excluding carboxylic acids is 2. The molecule has 0 heterocycles. The van der Waals surface area contributed by atoms with Crippen molar-refractivity contribution in [1.82, 2.24) is 4.90 Å². The van der Waals surface area contributed by atoms with Gasteiger partial charge in [0, 0.05) is 12.5 Å². The quantitative estimate of drug-likeness (QED) is 0.834. The van der Waals surface area contributed by atoms with Gasteiger partial charge in [-0.2, -0.15) is 0 Å². The predicted molar refractivity (Wildman–Crippen MR) is 82.1 cm³/mol. The van der Waals surface area contributed by atoms with Gasteiger partial charge in [-0.3, -0.25) is 9.59 Å². The number of nitrogens with zero attached hydrogens (tertiary/aromatic N) is 1. The van der Waals surface area contributed by atoms with Gasteiger partial charge in [-0.05, 0) is 31.4 Å². The number of para-hydroxylation sites is 1. The Balaban J connectivity index is 2.82. The van der Waals surface area contributed by atoms with Crippen molar-refractivity contribution in [3.05, 3.63) is 29.8 Å². The first kappa shape index (κ1) is 17.0. The molecule has 5 heteroatoms. The average Bonchev–Trinajstić information content (AvgIpc) is 2.43. The molecule has 21 heavy (non-hydrogen) atoms. The van der Waals surface area contributed by atoms with Gasteiger partial charge >= 0.3 is 0 Å². The monoisotopic (exact) mass is 292 g/mol. The maximum Gasteiger partial charge on any atom is 0.237 e. The summed E-state index contributed by atoms with van der Waals surface area (Å²) in [7, 11) is 1.61. The Morgan fingerprint density at radius 3 is 2.38 bits per heavy atom. The van der Waals surface area contributed by atoms with E-state index >= 15 is 0 Å². The first-order chi connectivity index (χ1) is 9.86. The number of carbonyl (C=O) groups is 2. The normalized spacial score (nSPS) is 12.0. The van der Waals surface area contributed by atoms with Crippen LogP contribution in [0.3, 0.4) is 0 Å². The highest BCUT2D eigenvalue weighted by molar-refractivity contribution is 5.84. The molecule has 0 aliphatic heterocycles. The molecule has 0 aromatic heterocycles. The third-order valence-corrected chi connectivity index (χ3v) is 3.42. The summed E-state index contributed by atoms with van der Waals surface area (Å²) in [6.45, 7) is 5.66. The number of ether oxygens (including phenoxy) is 1. The van der Waals surface area contributed by atoms with Gasteiger partial charge < -0.3 is 15.4 Å². The smallest absolute Gasteiger partial charge is 0.237 e. The van der Waals surface area contributed by atoms with E-state index in [2.05, 4.69) is 0 Å². The minimum Gasteiger partial charge on any atom is -0.496 e. The van der Waals surface area contributed by atoms with Gasteiger partial charge in [0.2, 0.25) is 11.8 Å². The first-order valence-electron chi connectivity index (χ1n) is 7.07. The fourth-order valence-electron chi connectivity index (χ4n) is 2.29. The topological polar surface area (TPSA) is 72.6 Å². The molecule has 0 bridgehead atoms. The molecule has 0 unspecified atom stereocenters. The number of methoxy groups -OCH3 is 1. The van der Waals surface area contributed by atoms with Gasteiger partial charge in [0.25, 0.3) is 0 Å². The van der Waals surface area contributed by atoms with Crippen LogP contribution in [-0.2, 0) is 9.59 Å². The van der Waals surface area contributed by atoms with E-state index in [9.17, 15) is 9.59 Å². The van der Waals surface area contributed by atoms with Crippen LogP contribution in [0.5, 0.6) is 5.75 Å². The number of benzene rings is 1. The molecule has 0 aliphatic rings. The molecule has 0 spiro atoms. The van der Waals surface area contributed by atoms with Crippen LogP contribution >= 0.6 is 0 Å². The Labute approximate surface area is 126 Å². The summed E-state index contributed by atoms with van der Waals surface area (Å²) >= 11 is 0. The van der Waals surface area contributed by atoms with Crippen LogP contribution in [-0.4, -0.2) is 36.4 Å². The van der Waals surface area contributed by atoms with Gasteiger partial charge in [-0.25, -0.2) is 0 Å². The van der Waals surface area contributed by atoms with E-state index in [-0.39, 0.29) is 24.4 Å². The average molecular weight is 292 g/mol. The van der Waals surface area contributed by atoms with E-state index < -0.39 is 5.91 Å². The summed E-state index contributed by atoms with van der Waals surface area (Å²) in [5.74, 6) is 0.191. The highest BCUT2D eigenvalue weighted by Crippen LogP contribution is 2.29. The third-order valence-electron chi connectivity index (χ3n) is 3.42. The molecule has 1 aromatic carbocycles. The van der Waals surface area contributed by atoms with Crippen molar-refractivity contribution in [3.63, 3.8) is 0 Å². The van der Waals surface area contributed by atoms with Crippen LogP contribution in [0.2, 0.25) is 0 Å². The Morgan fingerprint density at radius 1 is 1.24 bits per heavy atom. The van der Waals surface area contributed by atoms with E-state index in [1.807, 2.05) is 45.0 Å². The summed E-state index contributed by atoms with van der Waals surface area (Å²) in [5, 5.41) is 0. The Kier molecular flexibility index (Phi) is 6.21. The van der Waals surface area contributed by atoms with Crippen LogP contribution in [0.25, 0.3) is 0 Å². The summed E-state index contributed by atoms with van der Waals surface area (Å²) in [6, 6.07) is 7.58. The summed E-state index contributed by atoms with van der Waals surface area (Å²) < 4.78 is 5.32. The summed E-state index contributed by atoms with van der Waals surface area (Å²) in [6.07, 6.45) is 0.311. The van der Waals surface area contributed by atoms with Crippen molar-refractivity contribution >= 4 is 11.8 Å². The van der Waals surface area contributed by atoms with Crippen molar-refractivity contribution < 1.29 is 14.3 Å². The van der Waals surface area contributed by atoms with Crippen molar-refractivity contribution in [2.45, 2.75) is 39.2 Å². The molecule has 1 atom stereocenters. The third kappa shape index (κ3) is 4.77. The molecule has 0 fully saturated rings. The lowest BCUT2D eigenvalue weighted by molar-refractivity contribution is -0.137. The van der Waals surface area contributed by atoms with E-state index in [0.29, 0.717) is 6.42 Å². The molecule has 5 nitrogen and oxygen atoms in total. The fourth-order valence-corrected chi connectivity index (χ4v) is 2.29. The summed E-state index contributed by atoms with van der Waals surface area (Å²) in [5.41, 5.74) is 6.19. The Hall–Kier alpha value is -2.04. The number of amides is 2. The zero-order chi connectivity index (χ0) is 16.0. The van der Waals surface area contributed by atoms with Gasteiger partial charge in [0.1, 0.15) is 5.75 Å². The van der Waals surface area contributed by atoms with E-state index in [0.717, 1.165) is 11.3 Å². The number of rotatable bonds is 7. The van der Waals surface area contributed by atoms with Crippen molar-refractivity contribution in [2.24, 2.45) is 5.73 Å². The number of hydrogen-bond donors (Lipinski definition) is 1. The molecular weight excluding hydrogens is 268 g/mol. The fraction of sp³-hybridized carbons (Fsp3) is 0.500. The van der Waals surface area contributed by atoms with Crippen molar-refractivity contribution in [2.75, 3.05) is 13.7 Å². The molecule has 2 amide bonds. The van der Waals surface area contributed by atoms with Crippen LogP contribution in [0, 0.1) is 0 Å². The maximum atomic E-state index is 12.4. The lowest BCUT2D eigenvalue weighted by Crippen LogP contribution is -2.43. The van der Waals surface area contributed by atoms with E-state index in [4.69, 9.17) is 10.5 Å². The molecule has 1 rings (SSSR count). The largest absolute Gasteiger partial charge is 0.496 e. The number of primary amides is 1. The van der Waals surface area contributed by atoms with Crippen LogP contribution in [0.15, 0.2) is 24.3 Å². The Bertz CT molecular complexity index is 500. The SMILES string of the molecule is COc1ccccc1[C@@H](C)CC(=O)N(CC(N)=O)C(C)C. The second-order valence-electron chi connectivity index (χ2n) is 5.43. The lowest BCUT2D eigenvalue weighted by atomic mass is 9.96. The molecule has 116 valence electrons. The summed E-state index contributed by atoms with van der Waals surface area (Å²) in [4.78, 5) is 25.0. The molecule has 1 aromatic rings. The number of nitrogens with two attached hydrogens (primary N) is 1. The molecular formula is C16H24N2O3. The van der Waals surface area contributed by atoms with Crippen molar-refractivity contribution in [3.8, 4) is 5.75 Å². The van der Waals surface area contributed by atoms with Crippen LogP contribution < -0.4 is 10.5 Å². The molecule has 0 saturated carbocycles. The molecule has 0 saturated heterocycles. The van der Waals surface area contributed by atoms with Gasteiger partial charge in [-0.15, -0.1) is 0 Å². The Morgan fingerprint density at radius 2 is 1.86 bits per heavy atom. The minimum absolute atomic E-state index is 0.00257. The highest BCUT2D eigenvalue weighted by Gasteiger charge is 2.22. The standard InChI is InChI=1S/C16H24N2O3/c1-11(2)18(10-15(17)19)16(20)9-12(3)13-7-5-6-8-14(13)21-4/h5-8,11-12H,9-10H2,1-4H3,(H2,17,19)/t12-/m0/s1. The molecule has 0 aliphatic carbocycles.